The minimum Gasteiger partial charge on any atom is -0.476 e. The fourth-order valence-electron chi connectivity index (χ4n) is 2.67. The summed E-state index contributed by atoms with van der Waals surface area (Å²) in [4.78, 5) is 23.8. The number of hydrogen-bond acceptors (Lipinski definition) is 4. The van der Waals surface area contributed by atoms with Crippen LogP contribution in [0.5, 0.6) is 0 Å². The summed E-state index contributed by atoms with van der Waals surface area (Å²) in [5, 5.41) is 19.2. The molecule has 0 saturated heterocycles. The highest BCUT2D eigenvalue weighted by Crippen LogP contribution is 2.22. The molecule has 2 aromatic carbocycles. The quantitative estimate of drug-likeness (QED) is 0.513. The predicted octanol–water partition coefficient (Wildman–Crippen LogP) is 4.00. The van der Waals surface area contributed by atoms with Gasteiger partial charge < -0.3 is 15.7 Å². The Hall–Kier alpha value is -3.13. The molecule has 1 unspecified atom stereocenters. The third-order valence-corrected chi connectivity index (χ3v) is 4.71. The number of aromatic nitrogens is 2. The van der Waals surface area contributed by atoms with Crippen molar-refractivity contribution in [2.45, 2.75) is 13.0 Å². The molecule has 1 heterocycles. The van der Waals surface area contributed by atoms with Crippen LogP contribution in [0, 0.1) is 0 Å². The largest absolute Gasteiger partial charge is 0.476 e. The van der Waals surface area contributed by atoms with Gasteiger partial charge in [0.2, 0.25) is 5.91 Å². The van der Waals surface area contributed by atoms with Crippen molar-refractivity contribution in [1.29, 1.82) is 0 Å². The minimum atomic E-state index is -1.20. The number of rotatable bonds is 7. The molecule has 8 heteroatoms. The van der Waals surface area contributed by atoms with Gasteiger partial charge >= 0.3 is 5.97 Å². The van der Waals surface area contributed by atoms with Crippen molar-refractivity contribution in [1.82, 2.24) is 9.78 Å². The standard InChI is InChI=1S/C20H19BrN4O3/c1-13(14-5-3-2-4-6-14)25-12-17(19(24-25)20(27)28)23-18(26)11-22-16-9-7-15(21)8-10-16/h2-10,12-13,22H,11H2,1H3,(H,23,26)(H,27,28). The lowest BCUT2D eigenvalue weighted by atomic mass is 10.1. The SMILES string of the molecule is CC(c1ccccc1)n1cc(NC(=O)CNc2ccc(Br)cc2)c(C(=O)O)n1. The summed E-state index contributed by atoms with van der Waals surface area (Å²) in [6.45, 7) is 1.91. The van der Waals surface area contributed by atoms with Crippen molar-refractivity contribution < 1.29 is 14.7 Å². The molecule has 0 radical (unpaired) electrons. The van der Waals surface area contributed by atoms with E-state index in [2.05, 4.69) is 31.7 Å². The molecule has 1 amide bonds. The molecular weight excluding hydrogens is 424 g/mol. The van der Waals surface area contributed by atoms with Crippen molar-refractivity contribution in [3.05, 3.63) is 76.5 Å². The molecule has 1 atom stereocenters. The first-order chi connectivity index (χ1) is 13.4. The van der Waals surface area contributed by atoms with Gasteiger partial charge in [-0.05, 0) is 36.8 Å². The lowest BCUT2D eigenvalue weighted by Crippen LogP contribution is -2.22. The molecule has 0 aliphatic carbocycles. The van der Waals surface area contributed by atoms with Gasteiger partial charge in [-0.1, -0.05) is 46.3 Å². The smallest absolute Gasteiger partial charge is 0.358 e. The topological polar surface area (TPSA) is 96.2 Å². The minimum absolute atomic E-state index is 0.000109. The third-order valence-electron chi connectivity index (χ3n) is 4.18. The normalized spacial score (nSPS) is 11.6. The Bertz CT molecular complexity index is 971. The van der Waals surface area contributed by atoms with E-state index in [0.29, 0.717) is 0 Å². The lowest BCUT2D eigenvalue weighted by Gasteiger charge is -2.12. The molecule has 7 nitrogen and oxygen atoms in total. The average molecular weight is 443 g/mol. The van der Waals surface area contributed by atoms with Crippen molar-refractivity contribution in [2.75, 3.05) is 17.2 Å². The molecule has 0 bridgehead atoms. The van der Waals surface area contributed by atoms with Crippen molar-refractivity contribution in [2.24, 2.45) is 0 Å². The Balaban J connectivity index is 1.71. The lowest BCUT2D eigenvalue weighted by molar-refractivity contribution is -0.114. The number of hydrogen-bond donors (Lipinski definition) is 3. The van der Waals surface area contributed by atoms with Crippen LogP contribution in [-0.2, 0) is 4.79 Å². The number of anilines is 2. The van der Waals surface area contributed by atoms with Gasteiger partial charge in [0.05, 0.1) is 24.5 Å². The van der Waals surface area contributed by atoms with E-state index in [1.807, 2.05) is 61.5 Å². The van der Waals surface area contributed by atoms with Crippen molar-refractivity contribution in [3.8, 4) is 0 Å². The van der Waals surface area contributed by atoms with Crippen LogP contribution in [0.15, 0.2) is 65.3 Å². The van der Waals surface area contributed by atoms with Crippen molar-refractivity contribution >= 4 is 39.2 Å². The van der Waals surface area contributed by atoms with Gasteiger partial charge in [-0.3, -0.25) is 9.48 Å². The zero-order valence-electron chi connectivity index (χ0n) is 15.1. The highest BCUT2D eigenvalue weighted by atomic mass is 79.9. The zero-order chi connectivity index (χ0) is 20.1. The molecule has 28 heavy (non-hydrogen) atoms. The third kappa shape index (κ3) is 4.77. The van der Waals surface area contributed by atoms with Crippen LogP contribution in [-0.4, -0.2) is 33.3 Å². The van der Waals surface area contributed by atoms with Gasteiger partial charge in [0.15, 0.2) is 5.69 Å². The Kier molecular flexibility index (Phi) is 6.10. The summed E-state index contributed by atoms with van der Waals surface area (Å²) >= 11 is 3.35. The van der Waals surface area contributed by atoms with Crippen LogP contribution in [0.25, 0.3) is 0 Å². The maximum atomic E-state index is 12.3. The second-order valence-corrected chi connectivity index (χ2v) is 7.09. The fraction of sp³-hybridized carbons (Fsp3) is 0.150. The summed E-state index contributed by atoms with van der Waals surface area (Å²) in [7, 11) is 0. The van der Waals surface area contributed by atoms with Gasteiger partial charge in [0.25, 0.3) is 0 Å². The van der Waals surface area contributed by atoms with E-state index < -0.39 is 5.97 Å². The zero-order valence-corrected chi connectivity index (χ0v) is 16.7. The van der Waals surface area contributed by atoms with E-state index in [1.54, 1.807) is 6.20 Å². The maximum absolute atomic E-state index is 12.3. The summed E-state index contributed by atoms with van der Waals surface area (Å²) in [6.07, 6.45) is 1.54. The molecular formula is C20H19BrN4O3. The second kappa shape index (κ2) is 8.71. The van der Waals surface area contributed by atoms with Crippen LogP contribution < -0.4 is 10.6 Å². The Morgan fingerprint density at radius 2 is 1.82 bits per heavy atom. The number of benzene rings is 2. The van der Waals surface area contributed by atoms with Gasteiger partial charge in [-0.25, -0.2) is 4.79 Å². The van der Waals surface area contributed by atoms with Gasteiger partial charge in [-0.2, -0.15) is 5.10 Å². The maximum Gasteiger partial charge on any atom is 0.358 e. The van der Waals surface area contributed by atoms with E-state index in [-0.39, 0.29) is 29.9 Å². The Labute approximate surface area is 170 Å². The summed E-state index contributed by atoms with van der Waals surface area (Å²) < 4.78 is 2.48. The van der Waals surface area contributed by atoms with E-state index in [1.165, 1.54) is 4.68 Å². The number of nitrogens with zero attached hydrogens (tertiary/aromatic N) is 2. The van der Waals surface area contributed by atoms with E-state index in [0.717, 1.165) is 15.7 Å². The number of carboxylic acid groups (broad SMARTS) is 1. The summed E-state index contributed by atoms with van der Waals surface area (Å²) in [6, 6.07) is 16.8. The van der Waals surface area contributed by atoms with Crippen LogP contribution in [0.3, 0.4) is 0 Å². The molecule has 3 aromatic rings. The van der Waals surface area contributed by atoms with Crippen LogP contribution in [0.1, 0.15) is 29.0 Å². The highest BCUT2D eigenvalue weighted by molar-refractivity contribution is 9.10. The molecule has 0 aliphatic rings. The summed E-state index contributed by atoms with van der Waals surface area (Å²) in [5.74, 6) is -1.56. The molecule has 144 valence electrons. The molecule has 0 aliphatic heterocycles. The molecule has 0 fully saturated rings. The van der Waals surface area contributed by atoms with Crippen molar-refractivity contribution in [3.63, 3.8) is 0 Å². The fourth-order valence-corrected chi connectivity index (χ4v) is 2.93. The predicted molar refractivity (Wildman–Crippen MR) is 111 cm³/mol. The van der Waals surface area contributed by atoms with Gasteiger partial charge in [0, 0.05) is 10.2 Å². The van der Waals surface area contributed by atoms with Crippen LogP contribution >= 0.6 is 15.9 Å². The van der Waals surface area contributed by atoms with E-state index >= 15 is 0 Å². The number of carboxylic acids is 1. The number of halogens is 1. The number of nitrogens with one attached hydrogen (secondary N) is 2. The number of carbonyl (C=O) groups excluding carboxylic acids is 1. The summed E-state index contributed by atoms with van der Waals surface area (Å²) in [5.41, 5.74) is 1.74. The monoisotopic (exact) mass is 442 g/mol. The number of carbonyl (C=O) groups is 2. The first kappa shape index (κ1) is 19.6. The average Bonchev–Trinajstić information content (AvgIpc) is 3.11. The first-order valence-corrected chi connectivity index (χ1v) is 9.40. The molecule has 0 spiro atoms. The second-order valence-electron chi connectivity index (χ2n) is 6.17. The molecule has 3 N–H and O–H groups in total. The molecule has 3 rings (SSSR count). The Morgan fingerprint density at radius 1 is 1.14 bits per heavy atom. The first-order valence-electron chi connectivity index (χ1n) is 8.60. The molecule has 1 aromatic heterocycles. The highest BCUT2D eigenvalue weighted by Gasteiger charge is 2.20. The van der Waals surface area contributed by atoms with E-state index in [9.17, 15) is 14.7 Å². The van der Waals surface area contributed by atoms with Gasteiger partial charge in [-0.15, -0.1) is 0 Å². The van der Waals surface area contributed by atoms with Gasteiger partial charge in [0.1, 0.15) is 0 Å². The van der Waals surface area contributed by atoms with Crippen LogP contribution in [0.4, 0.5) is 11.4 Å². The van der Waals surface area contributed by atoms with Crippen LogP contribution in [0.2, 0.25) is 0 Å². The Morgan fingerprint density at radius 3 is 2.46 bits per heavy atom. The van der Waals surface area contributed by atoms with E-state index in [4.69, 9.17) is 0 Å². The molecule has 0 saturated carbocycles. The number of amides is 1. The number of aromatic carboxylic acids is 1.